The molecule has 2 aliphatic rings. The summed E-state index contributed by atoms with van der Waals surface area (Å²) in [7, 11) is 0. The van der Waals surface area contributed by atoms with Crippen molar-refractivity contribution in [3.63, 3.8) is 0 Å². The van der Waals surface area contributed by atoms with Crippen LogP contribution in [0.15, 0.2) is 57.3 Å². The van der Waals surface area contributed by atoms with Crippen LogP contribution in [0.4, 0.5) is 4.39 Å². The lowest BCUT2D eigenvalue weighted by Gasteiger charge is -2.36. The Morgan fingerprint density at radius 1 is 1.26 bits per heavy atom. The van der Waals surface area contributed by atoms with Crippen LogP contribution in [0, 0.1) is 24.1 Å². The van der Waals surface area contributed by atoms with Crippen LogP contribution in [-0.4, -0.2) is 40.1 Å². The van der Waals surface area contributed by atoms with E-state index in [4.69, 9.17) is 10.8 Å². The predicted molar refractivity (Wildman–Crippen MR) is 125 cm³/mol. The average molecular weight is 481 g/mol. The molecule has 2 amide bonds. The summed E-state index contributed by atoms with van der Waals surface area (Å²) in [6.45, 7) is 0.274. The van der Waals surface area contributed by atoms with Gasteiger partial charge < -0.3 is 19.7 Å². The van der Waals surface area contributed by atoms with Gasteiger partial charge in [0.15, 0.2) is 11.7 Å². The molecule has 1 aromatic heterocycles. The third kappa shape index (κ3) is 5.95. The Balaban J connectivity index is 1.55. The number of nitrogens with zero attached hydrogens (tertiary/aromatic N) is 3. The molecule has 9 heteroatoms. The molecule has 1 unspecified atom stereocenters. The molecule has 1 aliphatic heterocycles. The normalized spacial score (nSPS) is 17.6. The molecule has 1 saturated carbocycles. The van der Waals surface area contributed by atoms with Gasteiger partial charge >= 0.3 is 0 Å². The minimum atomic E-state index is -1.21. The Morgan fingerprint density at radius 3 is 2.57 bits per heavy atom. The van der Waals surface area contributed by atoms with Crippen LogP contribution in [-0.2, 0) is 16.1 Å². The summed E-state index contributed by atoms with van der Waals surface area (Å²) < 4.78 is 18.8. The maximum absolute atomic E-state index is 13.5. The minimum absolute atomic E-state index is 0.129. The number of aliphatic hydroxyl groups excluding tert-OH is 1. The molecule has 184 valence electrons. The smallest absolute Gasteiger partial charge is 0.252 e. The predicted octanol–water partition coefficient (Wildman–Crippen LogP) is 3.73. The molecule has 0 radical (unpaired) electrons. The molecular formula is C26H29FN4O4. The molecule has 2 N–H and O–H groups in total. The van der Waals surface area contributed by atoms with Crippen molar-refractivity contribution in [3.8, 4) is 12.3 Å². The van der Waals surface area contributed by atoms with Crippen LogP contribution < -0.4 is 5.32 Å². The molecule has 1 aliphatic carbocycles. The lowest BCUT2D eigenvalue weighted by atomic mass is 9.80. The van der Waals surface area contributed by atoms with E-state index < -0.39 is 29.6 Å². The van der Waals surface area contributed by atoms with Gasteiger partial charge in [-0.25, -0.2) is 4.39 Å². The van der Waals surface area contributed by atoms with Crippen LogP contribution in [0.1, 0.15) is 55.9 Å². The Kier molecular flexibility index (Phi) is 7.61. The number of carbonyl (C=O) groups excluding carboxylic acids is 2. The molecular weight excluding hydrogens is 451 g/mol. The summed E-state index contributed by atoms with van der Waals surface area (Å²) in [4.78, 5) is 28.3. The van der Waals surface area contributed by atoms with E-state index in [2.05, 4.69) is 21.5 Å². The zero-order chi connectivity index (χ0) is 24.8. The molecule has 1 fully saturated rings. The van der Waals surface area contributed by atoms with Crippen LogP contribution >= 0.6 is 0 Å². The largest absolute Gasteiger partial charge is 0.467 e. The quantitative estimate of drug-likeness (QED) is 0.451. The van der Waals surface area contributed by atoms with Crippen molar-refractivity contribution in [2.75, 3.05) is 6.54 Å². The van der Waals surface area contributed by atoms with Crippen molar-refractivity contribution in [2.24, 2.45) is 16.1 Å². The second kappa shape index (κ2) is 10.8. The molecule has 0 spiro atoms. The van der Waals surface area contributed by atoms with Crippen LogP contribution in [0.5, 0.6) is 0 Å². The molecule has 8 nitrogen and oxygen atoms in total. The molecule has 1 aromatic carbocycles. The van der Waals surface area contributed by atoms with Crippen LogP contribution in [0.2, 0.25) is 0 Å². The lowest BCUT2D eigenvalue weighted by molar-refractivity contribution is -0.152. The number of hydrogen-bond donors (Lipinski definition) is 2. The van der Waals surface area contributed by atoms with Gasteiger partial charge in [-0.3, -0.25) is 9.59 Å². The number of amides is 2. The summed E-state index contributed by atoms with van der Waals surface area (Å²) in [5.41, 5.74) is 0.0408. The first-order valence-corrected chi connectivity index (χ1v) is 11.8. The highest BCUT2D eigenvalue weighted by molar-refractivity contribution is 5.90. The highest BCUT2D eigenvalue weighted by atomic mass is 19.1. The van der Waals surface area contributed by atoms with Crippen molar-refractivity contribution >= 4 is 11.8 Å². The standard InChI is InChI=1S/C26H29FN4O4/c1-2-3-13-26(29-30-26)14-15-31(25(34)23(32)19-6-4-7-19)22(21-8-5-16-35-21)24(33)28-17-18-9-11-20(27)12-10-18/h1,5,8-12,16,19,22-23,32H,3-4,6-7,13-15,17H2,(H,28,33)/t22?,23-/m0/s1. The second-order valence-electron chi connectivity index (χ2n) is 9.07. The lowest BCUT2D eigenvalue weighted by Crippen LogP contribution is -2.50. The summed E-state index contributed by atoms with van der Waals surface area (Å²) in [5.74, 6) is 1.36. The van der Waals surface area contributed by atoms with E-state index in [-0.39, 0.29) is 30.6 Å². The highest BCUT2D eigenvalue weighted by Crippen LogP contribution is 2.38. The zero-order valence-electron chi connectivity index (χ0n) is 19.4. The van der Waals surface area contributed by atoms with Gasteiger partial charge in [0.2, 0.25) is 0 Å². The van der Waals surface area contributed by atoms with Gasteiger partial charge in [-0.05, 0) is 48.6 Å². The van der Waals surface area contributed by atoms with Crippen molar-refractivity contribution in [2.45, 2.75) is 62.9 Å². The Morgan fingerprint density at radius 2 is 2.00 bits per heavy atom. The summed E-state index contributed by atoms with van der Waals surface area (Å²) in [5, 5.41) is 21.9. The van der Waals surface area contributed by atoms with Crippen molar-refractivity contribution in [1.29, 1.82) is 0 Å². The number of hydrogen-bond acceptors (Lipinski definition) is 6. The average Bonchev–Trinajstić information content (AvgIpc) is 3.39. The molecule has 2 atom stereocenters. The Labute approximate surface area is 203 Å². The highest BCUT2D eigenvalue weighted by Gasteiger charge is 2.44. The first-order valence-electron chi connectivity index (χ1n) is 11.8. The van der Waals surface area contributed by atoms with E-state index in [1.165, 1.54) is 23.3 Å². The van der Waals surface area contributed by atoms with Gasteiger partial charge in [-0.1, -0.05) is 18.6 Å². The number of halogens is 1. The van der Waals surface area contributed by atoms with E-state index >= 15 is 0 Å². The van der Waals surface area contributed by atoms with Crippen LogP contribution in [0.25, 0.3) is 0 Å². The van der Waals surface area contributed by atoms with Crippen LogP contribution in [0.3, 0.4) is 0 Å². The van der Waals surface area contributed by atoms with Gasteiger partial charge in [0.1, 0.15) is 17.7 Å². The van der Waals surface area contributed by atoms with Crippen molar-refractivity contribution in [3.05, 3.63) is 59.8 Å². The van der Waals surface area contributed by atoms with Gasteiger partial charge in [-0.2, -0.15) is 10.2 Å². The molecule has 4 rings (SSSR count). The second-order valence-corrected chi connectivity index (χ2v) is 9.07. The zero-order valence-corrected chi connectivity index (χ0v) is 19.4. The fourth-order valence-corrected chi connectivity index (χ4v) is 4.22. The number of carbonyl (C=O) groups is 2. The Hall–Kier alpha value is -3.51. The molecule has 35 heavy (non-hydrogen) atoms. The number of furan rings is 1. The topological polar surface area (TPSA) is 108 Å². The summed E-state index contributed by atoms with van der Waals surface area (Å²) in [6, 6.07) is 7.94. The first-order chi connectivity index (χ1) is 16.9. The number of terminal acetylenes is 1. The van der Waals surface area contributed by atoms with Gasteiger partial charge in [0.05, 0.1) is 6.26 Å². The van der Waals surface area contributed by atoms with Gasteiger partial charge in [-0.15, -0.1) is 12.3 Å². The maximum atomic E-state index is 13.5. The first kappa shape index (κ1) is 24.6. The van der Waals surface area contributed by atoms with E-state index in [1.54, 1.807) is 24.3 Å². The SMILES string of the molecule is C#CCCC1(CCN(C(=O)[C@@H](O)C2CCC2)C(C(=O)NCc2ccc(F)cc2)c2ccco2)N=N1. The number of benzene rings is 1. The van der Waals surface area contributed by atoms with Crippen molar-refractivity contribution in [1.82, 2.24) is 10.2 Å². The van der Waals surface area contributed by atoms with Crippen molar-refractivity contribution < 1.29 is 23.5 Å². The minimum Gasteiger partial charge on any atom is -0.467 e. The Bertz CT molecular complexity index is 1080. The fraction of sp³-hybridized carbons (Fsp3) is 0.462. The number of aliphatic hydroxyl groups is 1. The van der Waals surface area contributed by atoms with E-state index in [0.29, 0.717) is 24.8 Å². The molecule has 2 heterocycles. The van der Waals surface area contributed by atoms with E-state index in [1.807, 2.05) is 0 Å². The molecule has 0 saturated heterocycles. The fourth-order valence-electron chi connectivity index (χ4n) is 4.22. The molecule has 2 aromatic rings. The monoisotopic (exact) mass is 480 g/mol. The maximum Gasteiger partial charge on any atom is 0.252 e. The molecule has 0 bridgehead atoms. The summed E-state index contributed by atoms with van der Waals surface area (Å²) in [6.07, 6.45) is 9.52. The van der Waals surface area contributed by atoms with Gasteiger partial charge in [0, 0.05) is 32.4 Å². The number of rotatable bonds is 12. The summed E-state index contributed by atoms with van der Waals surface area (Å²) >= 11 is 0. The van der Waals surface area contributed by atoms with Gasteiger partial charge in [0.25, 0.3) is 11.8 Å². The van der Waals surface area contributed by atoms with E-state index in [0.717, 1.165) is 19.3 Å². The third-order valence-corrected chi connectivity index (χ3v) is 6.69. The van der Waals surface area contributed by atoms with E-state index in [9.17, 15) is 19.1 Å². The third-order valence-electron chi connectivity index (χ3n) is 6.69. The number of nitrogens with one attached hydrogen (secondary N) is 1.